The average Bonchev–Trinajstić information content (AvgIpc) is 3.79. The second-order valence-corrected chi connectivity index (χ2v) is 11.7. The Morgan fingerprint density at radius 3 is 2.49 bits per heavy atom. The summed E-state index contributed by atoms with van der Waals surface area (Å²) in [6.07, 6.45) is 6.35. The minimum Gasteiger partial charge on any atom is -0.493 e. The fourth-order valence-corrected chi connectivity index (χ4v) is 5.77. The monoisotopic (exact) mass is 577 g/mol. The number of methoxy groups -OCH3 is 1. The number of rotatable bonds is 11. The van der Waals surface area contributed by atoms with Crippen molar-refractivity contribution in [2.24, 2.45) is 7.05 Å². The van der Waals surface area contributed by atoms with Gasteiger partial charge in [0.2, 0.25) is 0 Å². The lowest BCUT2D eigenvalue weighted by atomic mass is 10.0. The molecule has 2 aromatic carbocycles. The van der Waals surface area contributed by atoms with Gasteiger partial charge >= 0.3 is 0 Å². The van der Waals surface area contributed by atoms with Crippen molar-refractivity contribution in [1.82, 2.24) is 24.3 Å². The maximum atomic E-state index is 13.0. The lowest BCUT2D eigenvalue weighted by Crippen LogP contribution is -2.43. The molecule has 1 aliphatic heterocycles. The smallest absolute Gasteiger partial charge is 0.269 e. The third-order valence-electron chi connectivity index (χ3n) is 7.98. The van der Waals surface area contributed by atoms with E-state index in [1.165, 1.54) is 0 Å². The van der Waals surface area contributed by atoms with Crippen molar-refractivity contribution in [2.45, 2.75) is 50.8 Å². The fourth-order valence-electron chi connectivity index (χ4n) is 5.26. The Balaban J connectivity index is 1.16. The first-order valence-corrected chi connectivity index (χ1v) is 15.3. The van der Waals surface area contributed by atoms with E-state index in [0.29, 0.717) is 47.9 Å². The van der Waals surface area contributed by atoms with Gasteiger partial charge in [-0.2, -0.15) is 5.10 Å². The zero-order valence-electron chi connectivity index (χ0n) is 24.3. The van der Waals surface area contributed by atoms with Crippen LogP contribution >= 0.6 is 11.9 Å². The van der Waals surface area contributed by atoms with Gasteiger partial charge in [-0.25, -0.2) is 0 Å². The Morgan fingerprint density at radius 2 is 1.83 bits per heavy atom. The SMILES string of the molecule is COc1c(CNC(=O)c2cc(C3CC3)nn2C)cccc1OCc1ccc(C(=O)N2CCC(N(C)SC)CC2)cc1. The number of hydrogen-bond acceptors (Lipinski definition) is 7. The van der Waals surface area contributed by atoms with Gasteiger partial charge in [-0.15, -0.1) is 0 Å². The molecule has 1 aliphatic carbocycles. The summed E-state index contributed by atoms with van der Waals surface area (Å²) in [6, 6.07) is 15.7. The summed E-state index contributed by atoms with van der Waals surface area (Å²) in [5.74, 6) is 1.57. The van der Waals surface area contributed by atoms with Crippen LogP contribution in [-0.2, 0) is 20.2 Å². The predicted molar refractivity (Wildman–Crippen MR) is 160 cm³/mol. The normalized spacial score (nSPS) is 15.7. The van der Waals surface area contributed by atoms with Crippen molar-refractivity contribution in [3.05, 3.63) is 76.6 Å². The van der Waals surface area contributed by atoms with E-state index in [2.05, 4.69) is 28.0 Å². The summed E-state index contributed by atoms with van der Waals surface area (Å²) in [4.78, 5) is 27.8. The number of para-hydroxylation sites is 1. The van der Waals surface area contributed by atoms with E-state index in [0.717, 1.165) is 55.6 Å². The van der Waals surface area contributed by atoms with Crippen LogP contribution in [0.2, 0.25) is 0 Å². The molecule has 1 aromatic heterocycles. The minimum absolute atomic E-state index is 0.0778. The molecule has 0 unspecified atom stereocenters. The molecule has 1 saturated carbocycles. The molecular weight excluding hydrogens is 538 g/mol. The van der Waals surface area contributed by atoms with Crippen LogP contribution in [-0.4, -0.2) is 70.3 Å². The lowest BCUT2D eigenvalue weighted by molar-refractivity contribution is 0.0688. The highest BCUT2D eigenvalue weighted by Crippen LogP contribution is 2.39. The molecule has 5 rings (SSSR count). The number of benzene rings is 2. The van der Waals surface area contributed by atoms with Gasteiger partial charge in [-0.1, -0.05) is 36.2 Å². The third-order valence-corrected chi connectivity index (χ3v) is 8.85. The number of ether oxygens (including phenoxy) is 2. The molecule has 0 spiro atoms. The number of nitrogens with one attached hydrogen (secondary N) is 1. The Hall–Kier alpha value is -3.50. The molecule has 0 radical (unpaired) electrons. The van der Waals surface area contributed by atoms with Crippen LogP contribution in [0.4, 0.5) is 0 Å². The number of nitrogens with zero attached hydrogens (tertiary/aromatic N) is 4. The van der Waals surface area contributed by atoms with Crippen LogP contribution < -0.4 is 14.8 Å². The van der Waals surface area contributed by atoms with Crippen LogP contribution in [0.3, 0.4) is 0 Å². The highest BCUT2D eigenvalue weighted by atomic mass is 32.2. The first-order valence-electron chi connectivity index (χ1n) is 14.1. The highest BCUT2D eigenvalue weighted by molar-refractivity contribution is 7.96. The number of carbonyl (C=O) groups excluding carboxylic acids is 2. The van der Waals surface area contributed by atoms with Crippen molar-refractivity contribution >= 4 is 23.8 Å². The average molecular weight is 578 g/mol. The molecule has 2 fully saturated rings. The zero-order valence-corrected chi connectivity index (χ0v) is 25.1. The lowest BCUT2D eigenvalue weighted by Gasteiger charge is -2.35. The van der Waals surface area contributed by atoms with E-state index < -0.39 is 0 Å². The van der Waals surface area contributed by atoms with E-state index in [-0.39, 0.29) is 11.8 Å². The van der Waals surface area contributed by atoms with E-state index in [9.17, 15) is 9.59 Å². The number of aryl methyl sites for hydroxylation is 1. The van der Waals surface area contributed by atoms with Crippen LogP contribution in [0.25, 0.3) is 0 Å². The second kappa shape index (κ2) is 13.0. The maximum absolute atomic E-state index is 13.0. The van der Waals surface area contributed by atoms with Gasteiger partial charge in [0.1, 0.15) is 12.3 Å². The first-order chi connectivity index (χ1) is 19.9. The van der Waals surface area contributed by atoms with Gasteiger partial charge < -0.3 is 19.7 Å². The number of carbonyl (C=O) groups is 2. The molecule has 41 heavy (non-hydrogen) atoms. The van der Waals surface area contributed by atoms with Gasteiger partial charge in [0.25, 0.3) is 11.8 Å². The van der Waals surface area contributed by atoms with Crippen molar-refractivity contribution in [3.8, 4) is 11.5 Å². The van der Waals surface area contributed by atoms with Crippen LogP contribution in [0, 0.1) is 0 Å². The van der Waals surface area contributed by atoms with Crippen molar-refractivity contribution in [1.29, 1.82) is 0 Å². The molecule has 1 saturated heterocycles. The molecule has 0 bridgehead atoms. The molecule has 2 heterocycles. The Bertz CT molecular complexity index is 1360. The quantitative estimate of drug-likeness (QED) is 0.333. The number of hydrogen-bond donors (Lipinski definition) is 1. The Labute approximate surface area is 246 Å². The number of amides is 2. The highest BCUT2D eigenvalue weighted by Gasteiger charge is 2.28. The first kappa shape index (κ1) is 29.0. The molecular formula is C31H39N5O4S. The Kier molecular flexibility index (Phi) is 9.19. The van der Waals surface area contributed by atoms with E-state index in [4.69, 9.17) is 9.47 Å². The zero-order chi connectivity index (χ0) is 28.9. The summed E-state index contributed by atoms with van der Waals surface area (Å²) in [5.41, 5.74) is 4.00. The van der Waals surface area contributed by atoms with E-state index in [1.807, 2.05) is 53.4 Å². The van der Waals surface area contributed by atoms with Gasteiger partial charge in [-0.3, -0.25) is 18.6 Å². The second-order valence-electron chi connectivity index (χ2n) is 10.7. The van der Waals surface area contributed by atoms with Crippen LogP contribution in [0.15, 0.2) is 48.5 Å². The van der Waals surface area contributed by atoms with E-state index >= 15 is 0 Å². The topological polar surface area (TPSA) is 88.9 Å². The van der Waals surface area contributed by atoms with Gasteiger partial charge in [0.15, 0.2) is 11.5 Å². The van der Waals surface area contributed by atoms with Crippen molar-refractivity contribution in [3.63, 3.8) is 0 Å². The number of likely N-dealkylation sites (tertiary alicyclic amines) is 1. The molecule has 2 aliphatic rings. The predicted octanol–water partition coefficient (Wildman–Crippen LogP) is 4.63. The molecule has 0 atom stereocenters. The fraction of sp³-hybridized carbons (Fsp3) is 0.452. The maximum Gasteiger partial charge on any atom is 0.269 e. The van der Waals surface area contributed by atoms with Crippen molar-refractivity contribution < 1.29 is 19.1 Å². The van der Waals surface area contributed by atoms with Crippen LogP contribution in [0.1, 0.15) is 69.3 Å². The van der Waals surface area contributed by atoms with Crippen LogP contribution in [0.5, 0.6) is 11.5 Å². The molecule has 9 nitrogen and oxygen atoms in total. The molecule has 1 N–H and O–H groups in total. The van der Waals surface area contributed by atoms with E-state index in [1.54, 1.807) is 30.8 Å². The van der Waals surface area contributed by atoms with Gasteiger partial charge in [-0.05, 0) is 68.8 Å². The molecule has 218 valence electrons. The summed E-state index contributed by atoms with van der Waals surface area (Å²) in [6.45, 7) is 2.18. The standard InChI is InChI=1S/C31H39N5O4S/c1-34-27(18-26(33-34)22-12-13-22)30(37)32-19-24-6-5-7-28(29(24)39-3)40-20-21-8-10-23(11-9-21)31(38)36-16-14-25(15-17-36)35(2)41-4/h5-11,18,22,25H,12-17,19-20H2,1-4H3,(H,32,37). The molecule has 3 aromatic rings. The summed E-state index contributed by atoms with van der Waals surface area (Å²) >= 11 is 1.74. The Morgan fingerprint density at radius 1 is 1.10 bits per heavy atom. The summed E-state index contributed by atoms with van der Waals surface area (Å²) < 4.78 is 15.7. The largest absolute Gasteiger partial charge is 0.493 e. The third kappa shape index (κ3) is 6.87. The number of piperidine rings is 1. The molecule has 2 amide bonds. The van der Waals surface area contributed by atoms with Gasteiger partial charge in [0.05, 0.1) is 12.8 Å². The van der Waals surface area contributed by atoms with Gasteiger partial charge in [0, 0.05) is 49.8 Å². The summed E-state index contributed by atoms with van der Waals surface area (Å²) in [7, 11) is 5.51. The number of aromatic nitrogens is 2. The van der Waals surface area contributed by atoms with Crippen molar-refractivity contribution in [2.75, 3.05) is 33.5 Å². The molecule has 10 heteroatoms. The minimum atomic E-state index is -0.174. The summed E-state index contributed by atoms with van der Waals surface area (Å²) in [5, 5.41) is 7.47.